The Hall–Kier alpha value is -2.46. The first-order valence-corrected chi connectivity index (χ1v) is 8.55. The van der Waals surface area contributed by atoms with Crippen LogP contribution in [0.4, 0.5) is 5.69 Å². The summed E-state index contributed by atoms with van der Waals surface area (Å²) >= 11 is 0. The van der Waals surface area contributed by atoms with Gasteiger partial charge in [0.15, 0.2) is 0 Å². The zero-order valence-corrected chi connectivity index (χ0v) is 14.0. The average Bonchev–Trinajstić information content (AvgIpc) is 2.68. The first-order chi connectivity index (χ1) is 11.8. The molecule has 3 aromatic rings. The van der Waals surface area contributed by atoms with Crippen molar-refractivity contribution >= 4 is 16.6 Å². The normalized spacial score (nSPS) is 17.1. The lowest BCUT2D eigenvalue weighted by Crippen LogP contribution is -2.47. The van der Waals surface area contributed by atoms with E-state index in [1.165, 1.54) is 16.6 Å². The van der Waals surface area contributed by atoms with Crippen molar-refractivity contribution in [3.8, 4) is 0 Å². The number of para-hydroxylation sites is 1. The molecule has 1 unspecified atom stereocenters. The molecule has 1 atom stereocenters. The smallest absolute Gasteiger partial charge is 0.0722 e. The predicted octanol–water partition coefficient (Wildman–Crippen LogP) is 3.51. The second kappa shape index (κ2) is 6.57. The summed E-state index contributed by atoms with van der Waals surface area (Å²) in [5.74, 6) is 0. The van der Waals surface area contributed by atoms with E-state index in [-0.39, 0.29) is 0 Å². The number of hydrogen-bond donors (Lipinski definition) is 0. The van der Waals surface area contributed by atoms with Gasteiger partial charge in [-0.3, -0.25) is 14.9 Å². The van der Waals surface area contributed by atoms with Gasteiger partial charge < -0.3 is 4.90 Å². The molecule has 4 rings (SSSR count). The molecular weight excluding hydrogens is 296 g/mol. The van der Waals surface area contributed by atoms with E-state index in [1.807, 2.05) is 30.7 Å². The highest BCUT2D eigenvalue weighted by Crippen LogP contribution is 2.28. The number of nitrogens with zero attached hydrogens (tertiary/aromatic N) is 4. The Balaban J connectivity index is 1.50. The molecule has 1 aliphatic heterocycles. The van der Waals surface area contributed by atoms with Crippen LogP contribution >= 0.6 is 0 Å². The van der Waals surface area contributed by atoms with Gasteiger partial charge in [0.05, 0.1) is 5.52 Å². The van der Waals surface area contributed by atoms with Gasteiger partial charge in [0, 0.05) is 61.9 Å². The predicted molar refractivity (Wildman–Crippen MR) is 98.2 cm³/mol. The third-order valence-electron chi connectivity index (χ3n) is 5.00. The molecule has 0 bridgehead atoms. The minimum Gasteiger partial charge on any atom is -0.368 e. The van der Waals surface area contributed by atoms with Crippen LogP contribution in [0.2, 0.25) is 0 Å². The van der Waals surface area contributed by atoms with Gasteiger partial charge in [0.25, 0.3) is 0 Å². The van der Waals surface area contributed by atoms with Gasteiger partial charge in [-0.1, -0.05) is 24.3 Å². The molecule has 24 heavy (non-hydrogen) atoms. The number of benzene rings is 1. The van der Waals surface area contributed by atoms with E-state index in [0.717, 1.165) is 31.7 Å². The maximum atomic E-state index is 4.48. The molecule has 0 radical (unpaired) electrons. The molecule has 4 heteroatoms. The number of rotatable bonds is 3. The fraction of sp³-hybridized carbons (Fsp3) is 0.300. The van der Waals surface area contributed by atoms with Crippen molar-refractivity contribution in [2.75, 3.05) is 31.1 Å². The summed E-state index contributed by atoms with van der Waals surface area (Å²) in [6.07, 6.45) is 5.73. The lowest BCUT2D eigenvalue weighted by molar-refractivity contribution is 0.198. The first kappa shape index (κ1) is 15.1. The Morgan fingerprint density at radius 2 is 1.75 bits per heavy atom. The molecule has 0 aliphatic carbocycles. The summed E-state index contributed by atoms with van der Waals surface area (Å²) in [5, 5.41) is 1.24. The summed E-state index contributed by atoms with van der Waals surface area (Å²) in [5.41, 5.74) is 3.66. The quantitative estimate of drug-likeness (QED) is 0.740. The van der Waals surface area contributed by atoms with E-state index >= 15 is 0 Å². The highest BCUT2D eigenvalue weighted by Gasteiger charge is 2.23. The van der Waals surface area contributed by atoms with Gasteiger partial charge in [0.1, 0.15) is 0 Å². The van der Waals surface area contributed by atoms with Crippen molar-refractivity contribution in [3.05, 3.63) is 66.6 Å². The molecule has 1 aromatic carbocycles. The van der Waals surface area contributed by atoms with Crippen LogP contribution in [0.3, 0.4) is 0 Å². The van der Waals surface area contributed by atoms with Crippen molar-refractivity contribution in [2.24, 2.45) is 0 Å². The number of anilines is 1. The number of hydrogen-bond acceptors (Lipinski definition) is 4. The van der Waals surface area contributed by atoms with Crippen molar-refractivity contribution in [1.29, 1.82) is 0 Å². The monoisotopic (exact) mass is 318 g/mol. The van der Waals surface area contributed by atoms with Crippen LogP contribution in [0.5, 0.6) is 0 Å². The Bertz CT molecular complexity index is 805. The summed E-state index contributed by atoms with van der Waals surface area (Å²) in [4.78, 5) is 13.7. The third kappa shape index (κ3) is 2.85. The largest absolute Gasteiger partial charge is 0.368 e. The van der Waals surface area contributed by atoms with Gasteiger partial charge in [-0.2, -0.15) is 0 Å². The summed E-state index contributed by atoms with van der Waals surface area (Å²) in [7, 11) is 0. The molecular formula is C20H22N4. The van der Waals surface area contributed by atoms with Gasteiger partial charge >= 0.3 is 0 Å². The molecule has 1 aliphatic rings. The zero-order chi connectivity index (χ0) is 16.4. The standard InChI is InChI=1S/C20H22N4/c1-16(17-5-4-9-21-15-17)23-11-13-24(14-12-23)20-8-10-22-19-7-3-2-6-18(19)20/h2-10,15-16H,11-14H2,1H3. The van der Waals surface area contributed by atoms with Crippen molar-refractivity contribution in [2.45, 2.75) is 13.0 Å². The van der Waals surface area contributed by atoms with E-state index in [2.05, 4.69) is 57.0 Å². The summed E-state index contributed by atoms with van der Waals surface area (Å²) in [6, 6.07) is 15.1. The fourth-order valence-corrected chi connectivity index (χ4v) is 3.54. The molecule has 1 fully saturated rings. The third-order valence-corrected chi connectivity index (χ3v) is 5.00. The average molecular weight is 318 g/mol. The Labute approximate surface area is 142 Å². The molecule has 0 spiro atoms. The lowest BCUT2D eigenvalue weighted by atomic mass is 10.1. The first-order valence-electron chi connectivity index (χ1n) is 8.55. The molecule has 4 nitrogen and oxygen atoms in total. The van der Waals surface area contributed by atoms with Crippen LogP contribution in [-0.4, -0.2) is 41.0 Å². The van der Waals surface area contributed by atoms with Gasteiger partial charge in [-0.05, 0) is 30.7 Å². The Morgan fingerprint density at radius 1 is 0.917 bits per heavy atom. The van der Waals surface area contributed by atoms with Crippen molar-refractivity contribution in [3.63, 3.8) is 0 Å². The number of aromatic nitrogens is 2. The van der Waals surface area contributed by atoms with Crippen LogP contribution in [0.1, 0.15) is 18.5 Å². The van der Waals surface area contributed by atoms with Crippen LogP contribution in [0, 0.1) is 0 Å². The molecule has 0 amide bonds. The second-order valence-corrected chi connectivity index (χ2v) is 6.33. The van der Waals surface area contributed by atoms with Crippen LogP contribution in [0.15, 0.2) is 61.1 Å². The highest BCUT2D eigenvalue weighted by molar-refractivity contribution is 5.91. The zero-order valence-electron chi connectivity index (χ0n) is 14.0. The lowest BCUT2D eigenvalue weighted by Gasteiger charge is -2.39. The number of piperazine rings is 1. The molecule has 1 saturated heterocycles. The molecule has 3 heterocycles. The highest BCUT2D eigenvalue weighted by atomic mass is 15.3. The SMILES string of the molecule is CC(c1cccnc1)N1CCN(c2ccnc3ccccc23)CC1. The van der Waals surface area contributed by atoms with E-state index < -0.39 is 0 Å². The molecule has 0 N–H and O–H groups in total. The second-order valence-electron chi connectivity index (χ2n) is 6.33. The van der Waals surface area contributed by atoms with E-state index in [9.17, 15) is 0 Å². The summed E-state index contributed by atoms with van der Waals surface area (Å²) < 4.78 is 0. The van der Waals surface area contributed by atoms with Crippen molar-refractivity contribution < 1.29 is 0 Å². The van der Waals surface area contributed by atoms with Gasteiger partial charge in [-0.25, -0.2) is 0 Å². The van der Waals surface area contributed by atoms with Crippen LogP contribution < -0.4 is 4.90 Å². The van der Waals surface area contributed by atoms with E-state index in [1.54, 1.807) is 0 Å². The number of pyridine rings is 2. The molecule has 122 valence electrons. The molecule has 2 aromatic heterocycles. The van der Waals surface area contributed by atoms with E-state index in [4.69, 9.17) is 0 Å². The van der Waals surface area contributed by atoms with Gasteiger partial charge in [-0.15, -0.1) is 0 Å². The maximum Gasteiger partial charge on any atom is 0.0722 e. The minimum absolute atomic E-state index is 0.412. The van der Waals surface area contributed by atoms with Gasteiger partial charge in [0.2, 0.25) is 0 Å². The van der Waals surface area contributed by atoms with E-state index in [0.29, 0.717) is 6.04 Å². The van der Waals surface area contributed by atoms with Crippen LogP contribution in [-0.2, 0) is 0 Å². The minimum atomic E-state index is 0.412. The maximum absolute atomic E-state index is 4.48. The Kier molecular flexibility index (Phi) is 4.13. The number of fused-ring (bicyclic) bond motifs is 1. The van der Waals surface area contributed by atoms with Crippen LogP contribution in [0.25, 0.3) is 10.9 Å². The topological polar surface area (TPSA) is 32.3 Å². The van der Waals surface area contributed by atoms with Crippen molar-refractivity contribution in [1.82, 2.24) is 14.9 Å². The summed E-state index contributed by atoms with van der Waals surface area (Å²) in [6.45, 7) is 6.48. The molecule has 0 saturated carbocycles. The Morgan fingerprint density at radius 3 is 2.54 bits per heavy atom. The fourth-order valence-electron chi connectivity index (χ4n) is 3.54.